The molecule has 2 aliphatic rings. The van der Waals surface area contributed by atoms with E-state index in [1.165, 1.54) is 24.8 Å². The molecule has 1 heteroatoms. The molecular formula is C13H16O. The fraction of sp³-hybridized carbons (Fsp3) is 0.538. The maximum absolute atomic E-state index is 5.65. The van der Waals surface area contributed by atoms with Crippen LogP contribution in [0.15, 0.2) is 18.2 Å². The normalized spacial score (nSPS) is 27.4. The third kappa shape index (κ3) is 1.19. The van der Waals surface area contributed by atoms with Crippen LogP contribution >= 0.6 is 0 Å². The Balaban J connectivity index is 1.94. The van der Waals surface area contributed by atoms with Gasteiger partial charge in [0.15, 0.2) is 0 Å². The lowest BCUT2D eigenvalue weighted by Gasteiger charge is -2.02. The van der Waals surface area contributed by atoms with E-state index in [1.807, 2.05) is 0 Å². The van der Waals surface area contributed by atoms with E-state index in [0.717, 1.165) is 0 Å². The number of hydrogen-bond acceptors (Lipinski definition) is 1. The van der Waals surface area contributed by atoms with Crippen molar-refractivity contribution in [3.8, 4) is 0 Å². The molecule has 74 valence electrons. The minimum absolute atomic E-state index is 0.0762. The van der Waals surface area contributed by atoms with Crippen molar-refractivity contribution in [2.45, 2.75) is 44.8 Å². The van der Waals surface area contributed by atoms with Gasteiger partial charge in [0, 0.05) is 0 Å². The minimum Gasteiger partial charge on any atom is -0.362 e. The smallest absolute Gasteiger partial charge is 0.112 e. The Labute approximate surface area is 85.1 Å². The van der Waals surface area contributed by atoms with E-state index < -0.39 is 0 Å². The van der Waals surface area contributed by atoms with Gasteiger partial charge in [-0.2, -0.15) is 0 Å². The average Bonchev–Trinajstić information content (AvgIpc) is 2.63. The first-order valence-corrected chi connectivity index (χ1v) is 5.46. The highest BCUT2D eigenvalue weighted by atomic mass is 16.6. The first-order chi connectivity index (χ1) is 6.67. The van der Waals surface area contributed by atoms with Crippen LogP contribution in [0.5, 0.6) is 0 Å². The van der Waals surface area contributed by atoms with Crippen molar-refractivity contribution < 1.29 is 4.74 Å². The Hall–Kier alpha value is -0.820. The van der Waals surface area contributed by atoms with E-state index in [4.69, 9.17) is 4.74 Å². The molecule has 1 nitrogen and oxygen atoms in total. The number of fused-ring (bicyclic) bond motifs is 1. The molecule has 1 unspecified atom stereocenters. The topological polar surface area (TPSA) is 12.5 Å². The summed E-state index contributed by atoms with van der Waals surface area (Å²) in [4.78, 5) is 0. The van der Waals surface area contributed by atoms with Crippen molar-refractivity contribution >= 4 is 0 Å². The van der Waals surface area contributed by atoms with E-state index in [2.05, 4.69) is 32.0 Å². The molecule has 1 aliphatic carbocycles. The molecule has 1 aliphatic heterocycles. The van der Waals surface area contributed by atoms with Crippen LogP contribution in [0.25, 0.3) is 0 Å². The summed E-state index contributed by atoms with van der Waals surface area (Å²) in [6, 6.07) is 6.88. The van der Waals surface area contributed by atoms with Gasteiger partial charge in [-0.05, 0) is 49.8 Å². The largest absolute Gasteiger partial charge is 0.362 e. The molecule has 0 N–H and O–H groups in total. The lowest BCUT2D eigenvalue weighted by molar-refractivity contribution is 0.325. The molecule has 0 saturated carbocycles. The Morgan fingerprint density at radius 1 is 1.21 bits per heavy atom. The molecule has 0 bridgehead atoms. The summed E-state index contributed by atoms with van der Waals surface area (Å²) in [6.45, 7) is 4.32. The number of aryl methyl sites for hydroxylation is 2. The lowest BCUT2D eigenvalue weighted by Crippen LogP contribution is -1.98. The summed E-state index contributed by atoms with van der Waals surface area (Å²) >= 11 is 0. The second-order valence-corrected chi connectivity index (χ2v) is 4.98. The first kappa shape index (κ1) is 8.49. The summed E-state index contributed by atoms with van der Waals surface area (Å²) in [5.41, 5.74) is 4.55. The van der Waals surface area contributed by atoms with Crippen LogP contribution in [0.1, 0.15) is 43.1 Å². The molecule has 1 atom stereocenters. The van der Waals surface area contributed by atoms with E-state index in [-0.39, 0.29) is 5.60 Å². The van der Waals surface area contributed by atoms with Gasteiger partial charge >= 0.3 is 0 Å². The first-order valence-electron chi connectivity index (χ1n) is 5.46. The maximum atomic E-state index is 5.65. The van der Waals surface area contributed by atoms with Gasteiger partial charge in [-0.25, -0.2) is 0 Å². The Morgan fingerprint density at radius 2 is 1.93 bits per heavy atom. The van der Waals surface area contributed by atoms with Crippen molar-refractivity contribution in [3.63, 3.8) is 0 Å². The molecule has 1 saturated heterocycles. The van der Waals surface area contributed by atoms with Crippen molar-refractivity contribution in [1.29, 1.82) is 0 Å². The third-order valence-electron chi connectivity index (χ3n) is 3.42. The molecule has 1 aromatic carbocycles. The number of hydrogen-bond donors (Lipinski definition) is 0. The highest BCUT2D eigenvalue weighted by Crippen LogP contribution is 2.49. The van der Waals surface area contributed by atoms with E-state index >= 15 is 0 Å². The van der Waals surface area contributed by atoms with Crippen molar-refractivity contribution in [2.24, 2.45) is 0 Å². The summed E-state index contributed by atoms with van der Waals surface area (Å²) in [5, 5.41) is 0. The minimum atomic E-state index is 0.0762. The van der Waals surface area contributed by atoms with Crippen LogP contribution in [0.3, 0.4) is 0 Å². The highest BCUT2D eigenvalue weighted by Gasteiger charge is 2.48. The molecule has 0 amide bonds. The Morgan fingerprint density at radius 3 is 2.64 bits per heavy atom. The third-order valence-corrected chi connectivity index (χ3v) is 3.42. The van der Waals surface area contributed by atoms with Crippen molar-refractivity contribution in [1.82, 2.24) is 0 Å². The molecule has 1 fully saturated rings. The zero-order chi connectivity index (χ0) is 9.76. The zero-order valence-electron chi connectivity index (χ0n) is 8.84. The van der Waals surface area contributed by atoms with Crippen LogP contribution in [0.2, 0.25) is 0 Å². The molecule has 14 heavy (non-hydrogen) atoms. The zero-order valence-corrected chi connectivity index (χ0v) is 8.84. The van der Waals surface area contributed by atoms with E-state index in [0.29, 0.717) is 6.10 Å². The van der Waals surface area contributed by atoms with Gasteiger partial charge in [0.05, 0.1) is 5.60 Å². The maximum Gasteiger partial charge on any atom is 0.112 e. The fourth-order valence-electron chi connectivity index (χ4n) is 2.49. The van der Waals surface area contributed by atoms with Gasteiger partial charge in [-0.15, -0.1) is 0 Å². The molecule has 0 radical (unpaired) electrons. The molecule has 3 rings (SSSR count). The molecule has 0 aromatic heterocycles. The molecule has 1 heterocycles. The summed E-state index contributed by atoms with van der Waals surface area (Å²) in [6.07, 6.45) is 4.20. The molecular weight excluding hydrogens is 172 g/mol. The standard InChI is InChI=1S/C13H16O/c1-13(2)12(14-13)11-7-6-9-4-3-5-10(9)8-11/h6-8,12H,3-5H2,1-2H3. The number of benzene rings is 1. The van der Waals surface area contributed by atoms with Gasteiger partial charge in [0.25, 0.3) is 0 Å². The SMILES string of the molecule is CC1(C)OC1c1ccc2c(c1)CCC2. The predicted molar refractivity (Wildman–Crippen MR) is 56.4 cm³/mol. The van der Waals surface area contributed by atoms with Gasteiger partial charge in [-0.1, -0.05) is 18.2 Å². The van der Waals surface area contributed by atoms with Crippen LogP contribution in [-0.4, -0.2) is 5.60 Å². The van der Waals surface area contributed by atoms with Gasteiger partial charge in [-0.3, -0.25) is 0 Å². The van der Waals surface area contributed by atoms with Crippen LogP contribution in [0, 0.1) is 0 Å². The second kappa shape index (κ2) is 2.60. The van der Waals surface area contributed by atoms with Gasteiger partial charge < -0.3 is 4.74 Å². The quantitative estimate of drug-likeness (QED) is 0.617. The number of ether oxygens (including phenoxy) is 1. The molecule has 1 aromatic rings. The monoisotopic (exact) mass is 188 g/mol. The second-order valence-electron chi connectivity index (χ2n) is 4.98. The van der Waals surface area contributed by atoms with Gasteiger partial charge in [0.1, 0.15) is 6.10 Å². The lowest BCUT2D eigenvalue weighted by atomic mass is 9.99. The highest BCUT2D eigenvalue weighted by molar-refractivity contribution is 5.38. The van der Waals surface area contributed by atoms with E-state index in [1.54, 1.807) is 11.1 Å². The van der Waals surface area contributed by atoms with E-state index in [9.17, 15) is 0 Å². The Bertz CT molecular complexity index is 379. The summed E-state index contributed by atoms with van der Waals surface area (Å²) in [7, 11) is 0. The summed E-state index contributed by atoms with van der Waals surface area (Å²) in [5.74, 6) is 0. The van der Waals surface area contributed by atoms with Gasteiger partial charge in [0.2, 0.25) is 0 Å². The number of rotatable bonds is 1. The Kier molecular flexibility index (Phi) is 1.58. The van der Waals surface area contributed by atoms with Crippen molar-refractivity contribution in [2.75, 3.05) is 0 Å². The summed E-state index contributed by atoms with van der Waals surface area (Å²) < 4.78 is 5.65. The fourth-order valence-corrected chi connectivity index (χ4v) is 2.49. The average molecular weight is 188 g/mol. The molecule has 0 spiro atoms. The number of epoxide rings is 1. The van der Waals surface area contributed by atoms with Crippen LogP contribution in [0.4, 0.5) is 0 Å². The van der Waals surface area contributed by atoms with Crippen molar-refractivity contribution in [3.05, 3.63) is 34.9 Å². The van der Waals surface area contributed by atoms with Crippen LogP contribution in [-0.2, 0) is 17.6 Å². The predicted octanol–water partition coefficient (Wildman–Crippen LogP) is 3.03. The van der Waals surface area contributed by atoms with Crippen LogP contribution < -0.4 is 0 Å².